The number of carboxylic acids is 1. The number of benzene rings is 1. The molecule has 1 aromatic heterocycles. The van der Waals surface area contributed by atoms with E-state index in [1.54, 1.807) is 4.57 Å². The van der Waals surface area contributed by atoms with Gasteiger partial charge in [0.25, 0.3) is 5.91 Å². The van der Waals surface area contributed by atoms with Gasteiger partial charge in [-0.3, -0.25) is 4.79 Å². The monoisotopic (exact) mass is 340 g/mol. The van der Waals surface area contributed by atoms with Crippen LogP contribution in [0.4, 0.5) is 13.2 Å². The lowest BCUT2D eigenvalue weighted by molar-refractivity contribution is -0.138. The molecule has 0 radical (unpaired) electrons. The normalized spacial score (nSPS) is 14.4. The predicted molar refractivity (Wildman–Crippen MR) is 73.2 cm³/mol. The number of fused-ring (bicyclic) bond motifs is 1. The molecule has 1 aliphatic heterocycles. The molecule has 2 heterocycles. The van der Waals surface area contributed by atoms with E-state index in [4.69, 9.17) is 5.11 Å². The van der Waals surface area contributed by atoms with Crippen LogP contribution in [0.15, 0.2) is 24.5 Å². The second-order valence-corrected chi connectivity index (χ2v) is 5.23. The lowest BCUT2D eigenvalue weighted by Gasteiger charge is -2.28. The summed E-state index contributed by atoms with van der Waals surface area (Å²) in [5.74, 6) is -1.84. The molecule has 2 aromatic rings. The van der Waals surface area contributed by atoms with E-state index in [-0.39, 0.29) is 13.1 Å². The molecule has 1 aromatic carbocycles. The molecule has 0 fully saturated rings. The van der Waals surface area contributed by atoms with Crippen LogP contribution in [-0.2, 0) is 19.3 Å². The summed E-state index contributed by atoms with van der Waals surface area (Å²) in [7, 11) is 0. The summed E-state index contributed by atoms with van der Waals surface area (Å²) < 4.78 is 41.4. The first-order chi connectivity index (χ1) is 11.3. The van der Waals surface area contributed by atoms with Crippen molar-refractivity contribution >= 4 is 11.9 Å². The summed E-state index contributed by atoms with van der Waals surface area (Å²) in [4.78, 5) is 24.6. The molecule has 1 aliphatic rings. The lowest BCUT2D eigenvalue weighted by atomic mass is 10.0. The fraction of sp³-hybridized carbons (Fsp3) is 0.286. The van der Waals surface area contributed by atoms with Crippen LogP contribution < -0.4 is 0 Å². The summed E-state index contributed by atoms with van der Waals surface area (Å²) in [6.07, 6.45) is -3.35. The van der Waals surface area contributed by atoms with Crippen molar-refractivity contribution in [1.82, 2.24) is 19.7 Å². The smallest absolute Gasteiger partial charge is 0.417 e. The maximum Gasteiger partial charge on any atom is 0.417 e. The number of amides is 1. The SMILES string of the molecule is O=C(O)c1ccc(C(=O)N2CCn3cnnc3C2)c(C(F)(F)F)c1. The van der Waals surface area contributed by atoms with E-state index in [0.717, 1.165) is 12.1 Å². The van der Waals surface area contributed by atoms with Crippen molar-refractivity contribution in [3.63, 3.8) is 0 Å². The van der Waals surface area contributed by atoms with Crippen molar-refractivity contribution in [2.75, 3.05) is 6.54 Å². The van der Waals surface area contributed by atoms with Crippen molar-refractivity contribution in [2.24, 2.45) is 0 Å². The number of carboxylic acid groups (broad SMARTS) is 1. The first-order valence-corrected chi connectivity index (χ1v) is 6.88. The van der Waals surface area contributed by atoms with E-state index in [1.165, 1.54) is 11.2 Å². The number of rotatable bonds is 2. The Morgan fingerprint density at radius 1 is 1.21 bits per heavy atom. The highest BCUT2D eigenvalue weighted by molar-refractivity contribution is 5.97. The van der Waals surface area contributed by atoms with Gasteiger partial charge in [0.1, 0.15) is 6.33 Å². The van der Waals surface area contributed by atoms with Crippen LogP contribution in [0, 0.1) is 0 Å². The quantitative estimate of drug-likeness (QED) is 0.898. The summed E-state index contributed by atoms with van der Waals surface area (Å²) in [6.45, 7) is 0.626. The Morgan fingerprint density at radius 2 is 1.96 bits per heavy atom. The zero-order valence-electron chi connectivity index (χ0n) is 12.1. The molecule has 1 amide bonds. The molecule has 7 nitrogen and oxygen atoms in total. The number of hydrogen-bond acceptors (Lipinski definition) is 4. The van der Waals surface area contributed by atoms with Crippen LogP contribution in [0.5, 0.6) is 0 Å². The largest absolute Gasteiger partial charge is 0.478 e. The molecule has 0 saturated carbocycles. The molecule has 0 bridgehead atoms. The van der Waals surface area contributed by atoms with Crippen molar-refractivity contribution < 1.29 is 27.9 Å². The van der Waals surface area contributed by atoms with Gasteiger partial charge in [-0.25, -0.2) is 4.79 Å². The molecular formula is C14H11F3N4O3. The number of carbonyl (C=O) groups is 2. The summed E-state index contributed by atoms with van der Waals surface area (Å²) in [5, 5.41) is 16.4. The van der Waals surface area contributed by atoms with E-state index in [9.17, 15) is 22.8 Å². The number of aromatic carboxylic acids is 1. The van der Waals surface area contributed by atoms with Gasteiger partial charge in [-0.1, -0.05) is 0 Å². The Morgan fingerprint density at radius 3 is 2.62 bits per heavy atom. The summed E-state index contributed by atoms with van der Waals surface area (Å²) in [6, 6.07) is 2.35. The Labute approximate surface area is 133 Å². The zero-order valence-corrected chi connectivity index (χ0v) is 12.1. The van der Waals surface area contributed by atoms with E-state index in [0.29, 0.717) is 18.4 Å². The highest BCUT2D eigenvalue weighted by atomic mass is 19.4. The van der Waals surface area contributed by atoms with Crippen LogP contribution in [-0.4, -0.2) is 43.2 Å². The predicted octanol–water partition coefficient (Wildman–Crippen LogP) is 1.65. The fourth-order valence-corrected chi connectivity index (χ4v) is 2.51. The van der Waals surface area contributed by atoms with Gasteiger partial charge in [0.15, 0.2) is 5.82 Å². The van der Waals surface area contributed by atoms with Gasteiger partial charge in [0.2, 0.25) is 0 Å². The van der Waals surface area contributed by atoms with Crippen molar-refractivity contribution in [1.29, 1.82) is 0 Å². The van der Waals surface area contributed by atoms with Crippen LogP contribution >= 0.6 is 0 Å². The molecule has 0 unspecified atom stereocenters. The third kappa shape index (κ3) is 2.82. The summed E-state index contributed by atoms with van der Waals surface area (Å²) in [5.41, 5.74) is -2.38. The van der Waals surface area contributed by atoms with Gasteiger partial charge < -0.3 is 14.6 Å². The molecule has 0 saturated heterocycles. The molecule has 3 rings (SSSR count). The van der Waals surface area contributed by atoms with Crippen LogP contribution in [0.25, 0.3) is 0 Å². The molecule has 24 heavy (non-hydrogen) atoms. The van der Waals surface area contributed by atoms with Crippen LogP contribution in [0.2, 0.25) is 0 Å². The first-order valence-electron chi connectivity index (χ1n) is 6.88. The number of carbonyl (C=O) groups excluding carboxylic acids is 1. The minimum absolute atomic E-state index is 0.0385. The molecule has 10 heteroatoms. The Kier molecular flexibility index (Phi) is 3.74. The molecule has 126 valence electrons. The third-order valence-corrected chi connectivity index (χ3v) is 3.73. The molecule has 0 spiro atoms. The Bertz CT molecular complexity index is 816. The number of alkyl halides is 3. The zero-order chi connectivity index (χ0) is 17.5. The maximum absolute atomic E-state index is 13.2. The summed E-state index contributed by atoms with van der Waals surface area (Å²) >= 11 is 0. The van der Waals surface area contributed by atoms with Gasteiger partial charge in [-0.15, -0.1) is 10.2 Å². The van der Waals surface area contributed by atoms with Gasteiger partial charge in [0.05, 0.1) is 23.2 Å². The number of hydrogen-bond donors (Lipinski definition) is 1. The maximum atomic E-state index is 13.2. The van der Waals surface area contributed by atoms with Crippen molar-refractivity contribution in [2.45, 2.75) is 19.3 Å². The highest BCUT2D eigenvalue weighted by Crippen LogP contribution is 2.33. The topological polar surface area (TPSA) is 88.3 Å². The lowest BCUT2D eigenvalue weighted by Crippen LogP contribution is -2.39. The number of nitrogens with zero attached hydrogens (tertiary/aromatic N) is 4. The average Bonchev–Trinajstić information content (AvgIpc) is 3.00. The Balaban J connectivity index is 1.97. The average molecular weight is 340 g/mol. The molecule has 0 aliphatic carbocycles. The van der Waals surface area contributed by atoms with Gasteiger partial charge in [-0.2, -0.15) is 13.2 Å². The third-order valence-electron chi connectivity index (χ3n) is 3.73. The van der Waals surface area contributed by atoms with E-state index in [2.05, 4.69) is 10.2 Å². The van der Waals surface area contributed by atoms with E-state index < -0.39 is 34.7 Å². The van der Waals surface area contributed by atoms with Crippen LogP contribution in [0.1, 0.15) is 32.1 Å². The molecule has 1 N–H and O–H groups in total. The van der Waals surface area contributed by atoms with Gasteiger partial charge in [-0.05, 0) is 18.2 Å². The number of halogens is 3. The fourth-order valence-electron chi connectivity index (χ4n) is 2.51. The van der Waals surface area contributed by atoms with E-state index in [1.807, 2.05) is 0 Å². The van der Waals surface area contributed by atoms with Gasteiger partial charge >= 0.3 is 12.1 Å². The standard InChI is InChI=1S/C14H11F3N4O3/c15-14(16,17)10-5-8(13(23)24)1-2-9(10)12(22)20-3-4-21-7-18-19-11(21)6-20/h1-2,5,7H,3-4,6H2,(H,23,24). The van der Waals surface area contributed by atoms with Gasteiger partial charge in [0, 0.05) is 13.1 Å². The van der Waals surface area contributed by atoms with Crippen molar-refractivity contribution in [3.8, 4) is 0 Å². The van der Waals surface area contributed by atoms with Crippen LogP contribution in [0.3, 0.4) is 0 Å². The second kappa shape index (κ2) is 5.62. The number of aromatic nitrogens is 3. The van der Waals surface area contributed by atoms with E-state index >= 15 is 0 Å². The first kappa shape index (κ1) is 16.0. The minimum Gasteiger partial charge on any atom is -0.478 e. The minimum atomic E-state index is -4.84. The molecular weight excluding hydrogens is 329 g/mol. The highest BCUT2D eigenvalue weighted by Gasteiger charge is 2.37. The van der Waals surface area contributed by atoms with Crippen molar-refractivity contribution in [3.05, 3.63) is 47.0 Å². The molecule has 0 atom stereocenters. The second-order valence-electron chi connectivity index (χ2n) is 5.23. The Hall–Kier alpha value is -2.91.